The number of nitrogens with one attached hydrogen (secondary N) is 2. The molecule has 28 heavy (non-hydrogen) atoms. The van der Waals surface area contributed by atoms with Crippen LogP contribution in [-0.4, -0.2) is 41.0 Å². The largest absolute Gasteiger partial charge is 0.452 e. The number of imide groups is 1. The summed E-state index contributed by atoms with van der Waals surface area (Å²) >= 11 is 11.8. The van der Waals surface area contributed by atoms with E-state index < -0.39 is 36.0 Å². The van der Waals surface area contributed by atoms with Crippen LogP contribution in [0.2, 0.25) is 10.0 Å². The van der Waals surface area contributed by atoms with Crippen molar-refractivity contribution in [2.75, 3.05) is 6.61 Å². The molecule has 8 nitrogen and oxygen atoms in total. The number of urea groups is 1. The Morgan fingerprint density at radius 2 is 1.96 bits per heavy atom. The van der Waals surface area contributed by atoms with Crippen molar-refractivity contribution in [1.29, 1.82) is 0 Å². The Bertz CT molecular complexity index is 837. The van der Waals surface area contributed by atoms with Crippen molar-refractivity contribution in [3.05, 3.63) is 33.8 Å². The molecule has 2 aliphatic rings. The fraction of sp³-hybridized carbons (Fsp3) is 0.444. The van der Waals surface area contributed by atoms with Crippen molar-refractivity contribution in [2.45, 2.75) is 38.1 Å². The predicted molar refractivity (Wildman–Crippen MR) is 101 cm³/mol. The van der Waals surface area contributed by atoms with Gasteiger partial charge >= 0.3 is 12.0 Å². The summed E-state index contributed by atoms with van der Waals surface area (Å²) < 4.78 is 4.89. The van der Waals surface area contributed by atoms with Crippen molar-refractivity contribution in [3.63, 3.8) is 0 Å². The average molecular weight is 428 g/mol. The molecule has 2 fully saturated rings. The number of carbonyl (C=O) groups excluding carboxylic acids is 4. The molecule has 1 heterocycles. The van der Waals surface area contributed by atoms with Crippen molar-refractivity contribution >= 4 is 47.0 Å². The van der Waals surface area contributed by atoms with E-state index in [1.165, 1.54) is 18.2 Å². The minimum atomic E-state index is -0.970. The van der Waals surface area contributed by atoms with Gasteiger partial charge in [0.25, 0.3) is 11.8 Å². The maximum atomic E-state index is 12.7. The first kappa shape index (κ1) is 20.4. The van der Waals surface area contributed by atoms with E-state index in [-0.39, 0.29) is 15.6 Å². The molecule has 1 spiro atoms. The Kier molecular flexibility index (Phi) is 5.81. The van der Waals surface area contributed by atoms with Gasteiger partial charge in [-0.2, -0.15) is 5.01 Å². The number of halogens is 2. The van der Waals surface area contributed by atoms with E-state index in [4.69, 9.17) is 27.9 Å². The van der Waals surface area contributed by atoms with Gasteiger partial charge < -0.3 is 10.1 Å². The molecule has 0 bridgehead atoms. The summed E-state index contributed by atoms with van der Waals surface area (Å²) in [6.45, 7) is 1.40. The normalized spacial score (nSPS) is 24.2. The highest BCUT2D eigenvalue weighted by atomic mass is 35.5. The zero-order chi connectivity index (χ0) is 20.5. The van der Waals surface area contributed by atoms with Crippen LogP contribution in [0.5, 0.6) is 0 Å². The number of ether oxygens (including phenoxy) is 1. The molecule has 0 radical (unpaired) electrons. The third kappa shape index (κ3) is 3.93. The van der Waals surface area contributed by atoms with Gasteiger partial charge in [0.05, 0.1) is 15.6 Å². The molecule has 10 heteroatoms. The Morgan fingerprint density at radius 1 is 1.29 bits per heavy atom. The average Bonchev–Trinajstić information content (AvgIpc) is 2.89. The Labute approximate surface area is 171 Å². The molecule has 3 rings (SSSR count). The summed E-state index contributed by atoms with van der Waals surface area (Å²) in [7, 11) is 0. The molecule has 150 valence electrons. The van der Waals surface area contributed by atoms with Gasteiger partial charge in [-0.15, -0.1) is 0 Å². The highest BCUT2D eigenvalue weighted by Gasteiger charge is 2.52. The highest BCUT2D eigenvalue weighted by molar-refractivity contribution is 6.43. The van der Waals surface area contributed by atoms with E-state index in [2.05, 4.69) is 17.7 Å². The standard InChI is InChI=1S/C18H19Cl2N3O5/c1-10-5-7-18(8-6-10)16(26)23(17(27)21-18)22-13(24)9-28-15(25)11-3-2-4-12(19)14(11)20/h2-4,10H,5-9H2,1H3,(H,21,27)(H,22,24). The van der Waals surface area contributed by atoms with Crippen LogP contribution in [0.3, 0.4) is 0 Å². The number of hydrazine groups is 1. The quantitative estimate of drug-likeness (QED) is 0.567. The van der Waals surface area contributed by atoms with Crippen LogP contribution >= 0.6 is 23.2 Å². The van der Waals surface area contributed by atoms with Crippen LogP contribution in [0.25, 0.3) is 0 Å². The molecule has 1 aromatic rings. The summed E-state index contributed by atoms with van der Waals surface area (Å²) in [4.78, 5) is 49.0. The summed E-state index contributed by atoms with van der Waals surface area (Å²) in [6, 6.07) is 3.73. The second-order valence-electron chi connectivity index (χ2n) is 7.05. The van der Waals surface area contributed by atoms with Crippen LogP contribution in [0.1, 0.15) is 43.0 Å². The molecule has 1 saturated carbocycles. The SMILES string of the molecule is CC1CCC2(CC1)NC(=O)N(NC(=O)COC(=O)c1cccc(Cl)c1Cl)C2=O. The number of nitrogens with zero attached hydrogens (tertiary/aromatic N) is 1. The number of amides is 4. The first-order chi connectivity index (χ1) is 13.2. The second kappa shape index (κ2) is 7.97. The van der Waals surface area contributed by atoms with Gasteiger partial charge in [-0.25, -0.2) is 9.59 Å². The van der Waals surface area contributed by atoms with Crippen LogP contribution in [-0.2, 0) is 14.3 Å². The summed E-state index contributed by atoms with van der Waals surface area (Å²) in [5.41, 5.74) is 1.23. The van der Waals surface area contributed by atoms with Gasteiger partial charge in [0.1, 0.15) is 5.54 Å². The van der Waals surface area contributed by atoms with E-state index in [9.17, 15) is 19.2 Å². The molecule has 1 aliphatic heterocycles. The monoisotopic (exact) mass is 427 g/mol. The van der Waals surface area contributed by atoms with E-state index >= 15 is 0 Å². The summed E-state index contributed by atoms with van der Waals surface area (Å²) in [5.74, 6) is -1.69. The Morgan fingerprint density at radius 3 is 2.64 bits per heavy atom. The van der Waals surface area contributed by atoms with E-state index in [0.29, 0.717) is 23.8 Å². The molecule has 0 unspecified atom stereocenters. The first-order valence-electron chi connectivity index (χ1n) is 8.81. The molecule has 1 aromatic carbocycles. The number of hydrogen-bond acceptors (Lipinski definition) is 5. The van der Waals surface area contributed by atoms with Gasteiger partial charge in [-0.3, -0.25) is 15.0 Å². The molecule has 0 aromatic heterocycles. The minimum Gasteiger partial charge on any atom is -0.452 e. The van der Waals surface area contributed by atoms with Crippen molar-refractivity contribution in [3.8, 4) is 0 Å². The number of carbonyl (C=O) groups is 4. The predicted octanol–water partition coefficient (Wildman–Crippen LogP) is 2.68. The number of benzene rings is 1. The molecular weight excluding hydrogens is 409 g/mol. The second-order valence-corrected chi connectivity index (χ2v) is 7.83. The van der Waals surface area contributed by atoms with Crippen LogP contribution in [0, 0.1) is 5.92 Å². The molecule has 2 N–H and O–H groups in total. The van der Waals surface area contributed by atoms with Crippen molar-refractivity contribution in [1.82, 2.24) is 15.8 Å². The summed E-state index contributed by atoms with van der Waals surface area (Å²) in [5, 5.41) is 3.52. The lowest BCUT2D eigenvalue weighted by Crippen LogP contribution is -2.52. The molecule has 0 atom stereocenters. The lowest BCUT2D eigenvalue weighted by Gasteiger charge is -2.33. The van der Waals surface area contributed by atoms with Crippen molar-refractivity contribution in [2.24, 2.45) is 5.92 Å². The third-order valence-corrected chi connectivity index (χ3v) is 5.85. The maximum absolute atomic E-state index is 12.7. The van der Waals surface area contributed by atoms with Crippen molar-refractivity contribution < 1.29 is 23.9 Å². The molecular formula is C18H19Cl2N3O5. The van der Waals surface area contributed by atoms with Gasteiger partial charge in [-0.05, 0) is 43.7 Å². The van der Waals surface area contributed by atoms with Crippen LogP contribution < -0.4 is 10.7 Å². The van der Waals surface area contributed by atoms with Gasteiger partial charge in [0.15, 0.2) is 6.61 Å². The lowest BCUT2D eigenvalue weighted by atomic mass is 9.77. The maximum Gasteiger partial charge on any atom is 0.344 e. The smallest absolute Gasteiger partial charge is 0.344 e. The topological polar surface area (TPSA) is 105 Å². The van der Waals surface area contributed by atoms with E-state index in [1.807, 2.05) is 0 Å². The zero-order valence-electron chi connectivity index (χ0n) is 15.1. The van der Waals surface area contributed by atoms with E-state index in [1.54, 1.807) is 0 Å². The fourth-order valence-corrected chi connectivity index (χ4v) is 3.72. The first-order valence-corrected chi connectivity index (χ1v) is 9.56. The van der Waals surface area contributed by atoms with Gasteiger partial charge in [0, 0.05) is 0 Å². The molecule has 4 amide bonds. The number of hydrogen-bond donors (Lipinski definition) is 2. The number of esters is 1. The van der Waals surface area contributed by atoms with Gasteiger partial charge in [-0.1, -0.05) is 36.2 Å². The third-order valence-electron chi connectivity index (χ3n) is 5.03. The van der Waals surface area contributed by atoms with E-state index in [0.717, 1.165) is 12.8 Å². The molecule has 1 aliphatic carbocycles. The minimum absolute atomic E-state index is 0.00670. The Hall–Kier alpha value is -2.32. The van der Waals surface area contributed by atoms with Gasteiger partial charge in [0.2, 0.25) is 0 Å². The molecule has 1 saturated heterocycles. The van der Waals surface area contributed by atoms with Crippen LogP contribution in [0.4, 0.5) is 4.79 Å². The highest BCUT2D eigenvalue weighted by Crippen LogP contribution is 2.35. The number of rotatable bonds is 4. The zero-order valence-corrected chi connectivity index (χ0v) is 16.6. The summed E-state index contributed by atoms with van der Waals surface area (Å²) in [6.07, 6.45) is 2.67. The van der Waals surface area contributed by atoms with Crippen LogP contribution in [0.15, 0.2) is 18.2 Å². The fourth-order valence-electron chi connectivity index (χ4n) is 3.34. The Balaban J connectivity index is 1.57. The lowest BCUT2D eigenvalue weighted by molar-refractivity contribution is -0.141.